The summed E-state index contributed by atoms with van der Waals surface area (Å²) in [4.78, 5) is 0. The van der Waals surface area contributed by atoms with E-state index in [2.05, 4.69) is 48.5 Å². The molecule has 4 aliphatic rings. The van der Waals surface area contributed by atoms with Crippen molar-refractivity contribution >= 4 is 0 Å². The molecule has 0 nitrogen and oxygen atoms in total. The third-order valence-electron chi connectivity index (χ3n) is 10.3. The summed E-state index contributed by atoms with van der Waals surface area (Å²) in [7, 11) is 0. The van der Waals surface area contributed by atoms with Gasteiger partial charge in [0, 0.05) is 0 Å². The minimum atomic E-state index is 0. The van der Waals surface area contributed by atoms with Gasteiger partial charge in [0.05, 0.1) is 0 Å². The van der Waals surface area contributed by atoms with Crippen molar-refractivity contribution in [3.05, 3.63) is 29.7 Å². The van der Waals surface area contributed by atoms with E-state index < -0.39 is 0 Å². The molecule has 4 rings (SSSR count). The van der Waals surface area contributed by atoms with Crippen molar-refractivity contribution in [2.75, 3.05) is 0 Å². The maximum absolute atomic E-state index is 2.46. The third-order valence-corrected chi connectivity index (χ3v) is 10.3. The molecule has 4 saturated carbocycles. The van der Waals surface area contributed by atoms with Gasteiger partial charge >= 0.3 is 26.2 Å². The first-order valence-electron chi connectivity index (χ1n) is 12.3. The molecule has 4 aliphatic carbocycles. The van der Waals surface area contributed by atoms with Crippen LogP contribution < -0.4 is 0 Å². The molecule has 0 amide bonds. The Morgan fingerprint density at radius 3 is 1.35 bits per heavy atom. The predicted octanol–water partition coefficient (Wildman–Crippen LogP) is 9.86. The SMILES string of the molecule is CC(C)C1CCC2C3CCCCC3CCC12.CC1C(C)C(C)C(C)C1C.[CH3-].[CH3-].[CH3-].[CH3-].[Zr+4]. The van der Waals surface area contributed by atoms with Gasteiger partial charge in [-0.2, -0.15) is 0 Å². The molecule has 5 atom stereocenters. The summed E-state index contributed by atoms with van der Waals surface area (Å²) in [5.74, 6) is 11.3. The Balaban J connectivity index is -0.000000469. The zero-order valence-electron chi connectivity index (χ0n) is 23.5. The summed E-state index contributed by atoms with van der Waals surface area (Å²) in [5.41, 5.74) is 0. The van der Waals surface area contributed by atoms with Gasteiger partial charge in [-0.15, -0.1) is 0 Å². The van der Waals surface area contributed by atoms with Crippen LogP contribution in [-0.4, -0.2) is 0 Å². The second kappa shape index (κ2) is 15.7. The maximum Gasteiger partial charge on any atom is 4.00 e. The summed E-state index contributed by atoms with van der Waals surface area (Å²) in [6.45, 7) is 16.9. The van der Waals surface area contributed by atoms with Crippen LogP contribution in [0.3, 0.4) is 0 Å². The van der Waals surface area contributed by atoms with Crippen molar-refractivity contribution in [1.82, 2.24) is 0 Å². The molecule has 0 aliphatic heterocycles. The molecule has 0 radical (unpaired) electrons. The first-order valence-corrected chi connectivity index (χ1v) is 12.3. The molecule has 0 N–H and O–H groups in total. The van der Waals surface area contributed by atoms with Crippen LogP contribution in [0.15, 0.2) is 0 Å². The fourth-order valence-corrected chi connectivity index (χ4v) is 7.88. The summed E-state index contributed by atoms with van der Waals surface area (Å²) >= 11 is 0. The van der Waals surface area contributed by atoms with Crippen LogP contribution >= 0.6 is 0 Å². The van der Waals surface area contributed by atoms with Crippen molar-refractivity contribution < 1.29 is 26.2 Å². The maximum atomic E-state index is 2.46. The monoisotopic (exact) mass is 510 g/mol. The Morgan fingerprint density at radius 2 is 0.903 bits per heavy atom. The number of fused-ring (bicyclic) bond motifs is 3. The molecule has 0 aromatic carbocycles. The Kier molecular flexibility index (Phi) is 18.5. The molecular formula is C30H60Zr. The minimum Gasteiger partial charge on any atom is -0.358 e. The van der Waals surface area contributed by atoms with Crippen LogP contribution in [0.5, 0.6) is 0 Å². The van der Waals surface area contributed by atoms with Crippen molar-refractivity contribution in [3.63, 3.8) is 0 Å². The topological polar surface area (TPSA) is 0 Å². The van der Waals surface area contributed by atoms with Crippen molar-refractivity contribution in [1.29, 1.82) is 0 Å². The van der Waals surface area contributed by atoms with E-state index in [0.717, 1.165) is 65.1 Å². The zero-order valence-corrected chi connectivity index (χ0v) is 26.0. The average molecular weight is 512 g/mol. The van der Waals surface area contributed by atoms with E-state index in [1.807, 2.05) is 0 Å². The fraction of sp³-hybridized carbons (Fsp3) is 0.867. The van der Waals surface area contributed by atoms with Crippen LogP contribution in [-0.2, 0) is 26.2 Å². The van der Waals surface area contributed by atoms with Crippen LogP contribution in [0.2, 0.25) is 0 Å². The molecule has 0 aromatic rings. The molecule has 1 heteroatoms. The second-order valence-corrected chi connectivity index (χ2v) is 11.4. The van der Waals surface area contributed by atoms with E-state index in [9.17, 15) is 0 Å². The quantitative estimate of drug-likeness (QED) is 0.307. The molecule has 4 fully saturated rings. The molecule has 0 aromatic heterocycles. The average Bonchev–Trinajstić information content (AvgIpc) is 3.16. The predicted molar refractivity (Wildman–Crippen MR) is 141 cm³/mol. The normalized spacial score (nSPS) is 42.6. The summed E-state index contributed by atoms with van der Waals surface area (Å²) in [6.07, 6.45) is 12.5. The second-order valence-electron chi connectivity index (χ2n) is 11.4. The molecule has 184 valence electrons. The van der Waals surface area contributed by atoms with Crippen molar-refractivity contribution in [2.45, 2.75) is 99.8 Å². The van der Waals surface area contributed by atoms with Crippen LogP contribution in [0.4, 0.5) is 0 Å². The van der Waals surface area contributed by atoms with Gasteiger partial charge in [-0.1, -0.05) is 67.7 Å². The molecule has 0 heterocycles. The van der Waals surface area contributed by atoms with Gasteiger partial charge in [-0.3, -0.25) is 0 Å². The zero-order chi connectivity index (χ0) is 19.0. The first kappa shape index (κ1) is 36.5. The van der Waals surface area contributed by atoms with E-state index in [1.165, 1.54) is 12.8 Å². The number of rotatable bonds is 1. The van der Waals surface area contributed by atoms with E-state index in [4.69, 9.17) is 0 Å². The van der Waals surface area contributed by atoms with E-state index >= 15 is 0 Å². The molecule has 0 spiro atoms. The van der Waals surface area contributed by atoms with E-state index in [-0.39, 0.29) is 55.9 Å². The largest absolute Gasteiger partial charge is 4.00 e. The van der Waals surface area contributed by atoms with Crippen LogP contribution in [0.1, 0.15) is 99.8 Å². The van der Waals surface area contributed by atoms with Crippen molar-refractivity contribution in [2.24, 2.45) is 65.1 Å². The van der Waals surface area contributed by atoms with Gasteiger partial charge in [-0.05, 0) is 97.2 Å². The molecule has 5 unspecified atom stereocenters. The number of hydrogen-bond donors (Lipinski definition) is 0. The summed E-state index contributed by atoms with van der Waals surface area (Å²) in [5, 5.41) is 0. The van der Waals surface area contributed by atoms with Crippen LogP contribution in [0, 0.1) is 94.8 Å². The molecule has 0 saturated heterocycles. The minimum absolute atomic E-state index is 0. The molecule has 31 heavy (non-hydrogen) atoms. The first-order chi connectivity index (χ1) is 12.3. The summed E-state index contributed by atoms with van der Waals surface area (Å²) in [6, 6.07) is 0. The van der Waals surface area contributed by atoms with Gasteiger partial charge in [0.1, 0.15) is 0 Å². The third kappa shape index (κ3) is 7.69. The van der Waals surface area contributed by atoms with Gasteiger partial charge in [0.2, 0.25) is 0 Å². The number of hydrogen-bond acceptors (Lipinski definition) is 0. The Morgan fingerprint density at radius 1 is 0.484 bits per heavy atom. The van der Waals surface area contributed by atoms with Gasteiger partial charge < -0.3 is 29.7 Å². The Hall–Kier alpha value is 0.883. The van der Waals surface area contributed by atoms with Crippen LogP contribution in [0.25, 0.3) is 0 Å². The van der Waals surface area contributed by atoms with Gasteiger partial charge in [-0.25, -0.2) is 0 Å². The van der Waals surface area contributed by atoms with Gasteiger partial charge in [0.15, 0.2) is 0 Å². The van der Waals surface area contributed by atoms with Crippen molar-refractivity contribution in [3.8, 4) is 0 Å². The van der Waals surface area contributed by atoms with E-state index in [1.54, 1.807) is 38.5 Å². The Bertz CT molecular complexity index is 399. The smallest absolute Gasteiger partial charge is 0.358 e. The molecule has 0 bridgehead atoms. The van der Waals surface area contributed by atoms with E-state index in [0.29, 0.717) is 0 Å². The fourth-order valence-electron chi connectivity index (χ4n) is 7.88. The standard InChI is InChI=1S/C16H28.C10H20.4CH3.Zr/c1-11(2)13-9-10-16-14-6-4-3-5-12(14)7-8-15(13)16;1-6-7(2)9(4)10(5)8(6)3;;;;;/h11-16H,3-10H2,1-2H3;6-10H,1-5H3;4*1H3;/q;;4*-1;+4. The molecular weight excluding hydrogens is 452 g/mol. The van der Waals surface area contributed by atoms with Gasteiger partial charge in [0.25, 0.3) is 0 Å². The Labute approximate surface area is 220 Å². The summed E-state index contributed by atoms with van der Waals surface area (Å²) < 4.78 is 0.